The molecule has 0 radical (unpaired) electrons. The third-order valence-corrected chi connectivity index (χ3v) is 4.98. The van der Waals surface area contributed by atoms with Gasteiger partial charge in [0, 0.05) is 12.5 Å². The number of amides is 2. The first-order valence-corrected chi connectivity index (χ1v) is 11.6. The lowest BCUT2D eigenvalue weighted by molar-refractivity contribution is -0.141. The van der Waals surface area contributed by atoms with Gasteiger partial charge in [-0.25, -0.2) is 4.79 Å². The van der Waals surface area contributed by atoms with Crippen molar-refractivity contribution in [2.45, 2.75) is 33.2 Å². The van der Waals surface area contributed by atoms with Crippen molar-refractivity contribution >= 4 is 41.2 Å². The maximum atomic E-state index is 12.5. The molecule has 2 N–H and O–H groups in total. The van der Waals surface area contributed by atoms with Gasteiger partial charge in [0.2, 0.25) is 0 Å². The van der Waals surface area contributed by atoms with Crippen molar-refractivity contribution in [2.75, 3.05) is 26.9 Å². The van der Waals surface area contributed by atoms with Crippen LogP contribution in [0.15, 0.2) is 30.3 Å². The van der Waals surface area contributed by atoms with Gasteiger partial charge in [0.15, 0.2) is 5.75 Å². The van der Waals surface area contributed by atoms with E-state index in [4.69, 9.17) is 42.1 Å². The molecular weight excluding hydrogens is 499 g/mol. The Morgan fingerprint density at radius 3 is 2.31 bits per heavy atom. The lowest BCUT2D eigenvalue weighted by Gasteiger charge is -2.15. The highest BCUT2D eigenvalue weighted by atomic mass is 35.5. The van der Waals surface area contributed by atoms with Crippen molar-refractivity contribution in [1.82, 2.24) is 10.6 Å². The molecule has 0 aliphatic heterocycles. The summed E-state index contributed by atoms with van der Waals surface area (Å²) in [6.07, 6.45) is -0.416. The number of hydrogen-bond donors (Lipinski definition) is 2. The Hall–Kier alpha value is -3.17. The van der Waals surface area contributed by atoms with Crippen LogP contribution in [0.1, 0.15) is 36.7 Å². The Kier molecular flexibility index (Phi) is 10.9. The minimum atomic E-state index is -0.744. The molecule has 0 aliphatic rings. The van der Waals surface area contributed by atoms with E-state index in [2.05, 4.69) is 10.6 Å². The van der Waals surface area contributed by atoms with Gasteiger partial charge in [-0.3, -0.25) is 9.59 Å². The van der Waals surface area contributed by atoms with Gasteiger partial charge in [0.1, 0.15) is 18.0 Å². The number of rotatable bonds is 11. The molecule has 0 fully saturated rings. The number of alkyl carbamates (subject to hydrolysis) is 1. The third-order valence-electron chi connectivity index (χ3n) is 4.42. The molecule has 35 heavy (non-hydrogen) atoms. The summed E-state index contributed by atoms with van der Waals surface area (Å²) in [5.41, 5.74) is 1.01. The maximum absolute atomic E-state index is 12.5. The number of halogens is 2. The summed E-state index contributed by atoms with van der Waals surface area (Å²) >= 11 is 12.8. The lowest BCUT2D eigenvalue weighted by atomic mass is 10.1. The summed E-state index contributed by atoms with van der Waals surface area (Å²) in [5.74, 6) is 0.0991. The van der Waals surface area contributed by atoms with Crippen molar-refractivity contribution in [3.05, 3.63) is 51.5 Å². The number of carbonyl (C=O) groups excluding carboxylic acids is 3. The second-order valence-electron chi connectivity index (χ2n) is 7.53. The van der Waals surface area contributed by atoms with Gasteiger partial charge in [-0.1, -0.05) is 23.2 Å². The van der Waals surface area contributed by atoms with Crippen molar-refractivity contribution in [1.29, 1.82) is 0 Å². The summed E-state index contributed by atoms with van der Waals surface area (Å²) < 4.78 is 20.9. The van der Waals surface area contributed by atoms with Gasteiger partial charge in [0.25, 0.3) is 5.91 Å². The SMILES string of the molecule is CCOC(=O)CNC(=O)OCCc1cc(Cl)c(Oc2ccc(OC)c(C(=O)NC(C)C)c2)c(Cl)c1. The molecule has 2 rings (SSSR count). The molecule has 2 aromatic carbocycles. The van der Waals surface area contributed by atoms with E-state index in [-0.39, 0.29) is 47.5 Å². The maximum Gasteiger partial charge on any atom is 0.407 e. The minimum absolute atomic E-state index is 0.0360. The zero-order valence-electron chi connectivity index (χ0n) is 19.9. The van der Waals surface area contributed by atoms with Crippen molar-refractivity contribution in [3.8, 4) is 17.2 Å². The standard InChI is InChI=1S/C24H28Cl2N2O7/c1-5-33-21(29)13-27-24(31)34-9-8-15-10-18(25)22(19(26)11-15)35-16-6-7-20(32-4)17(12-16)23(30)28-14(2)3/h6-7,10-12,14H,5,8-9,13H2,1-4H3,(H,27,31)(H,28,30). The van der Waals surface area contributed by atoms with Crippen LogP contribution in [0.4, 0.5) is 4.79 Å². The summed E-state index contributed by atoms with van der Waals surface area (Å²) in [5, 5.41) is 5.59. The van der Waals surface area contributed by atoms with Crippen LogP contribution in [0.25, 0.3) is 0 Å². The Morgan fingerprint density at radius 2 is 1.71 bits per heavy atom. The van der Waals surface area contributed by atoms with Crippen LogP contribution in [-0.4, -0.2) is 50.9 Å². The molecule has 0 bridgehead atoms. The molecule has 0 aromatic heterocycles. The van der Waals surface area contributed by atoms with Crippen LogP contribution < -0.4 is 20.1 Å². The molecule has 190 valence electrons. The first-order valence-electron chi connectivity index (χ1n) is 10.9. The monoisotopic (exact) mass is 526 g/mol. The van der Waals surface area contributed by atoms with Gasteiger partial charge in [-0.05, 0) is 56.7 Å². The Labute approximate surface area is 214 Å². The quantitative estimate of drug-likeness (QED) is 0.405. The number of nitrogens with one attached hydrogen (secondary N) is 2. The van der Waals surface area contributed by atoms with Gasteiger partial charge in [-0.2, -0.15) is 0 Å². The van der Waals surface area contributed by atoms with Gasteiger partial charge in [0.05, 0.1) is 35.9 Å². The lowest BCUT2D eigenvalue weighted by Crippen LogP contribution is -2.31. The van der Waals surface area contributed by atoms with E-state index in [0.717, 1.165) is 0 Å². The number of methoxy groups -OCH3 is 1. The first kappa shape index (κ1) is 28.1. The molecule has 0 heterocycles. The molecule has 0 aliphatic carbocycles. The fourth-order valence-corrected chi connectivity index (χ4v) is 3.52. The molecule has 0 unspecified atom stereocenters. The average Bonchev–Trinajstić information content (AvgIpc) is 2.79. The molecule has 0 atom stereocenters. The van der Waals surface area contributed by atoms with Crippen LogP contribution in [-0.2, 0) is 20.7 Å². The highest BCUT2D eigenvalue weighted by molar-refractivity contribution is 6.37. The first-order chi connectivity index (χ1) is 16.6. The van der Waals surface area contributed by atoms with Crippen LogP contribution >= 0.6 is 23.2 Å². The number of ether oxygens (including phenoxy) is 4. The van der Waals surface area contributed by atoms with Gasteiger partial charge < -0.3 is 29.6 Å². The van der Waals surface area contributed by atoms with E-state index < -0.39 is 12.1 Å². The fraction of sp³-hybridized carbons (Fsp3) is 0.375. The largest absolute Gasteiger partial charge is 0.496 e. The summed E-state index contributed by atoms with van der Waals surface area (Å²) in [7, 11) is 1.47. The predicted octanol–water partition coefficient (Wildman–Crippen LogP) is 4.76. The molecule has 11 heteroatoms. The number of carbonyl (C=O) groups is 3. The predicted molar refractivity (Wildman–Crippen MR) is 132 cm³/mol. The fourth-order valence-electron chi connectivity index (χ4n) is 2.91. The second-order valence-corrected chi connectivity index (χ2v) is 8.34. The molecule has 0 saturated heterocycles. The summed E-state index contributed by atoms with van der Waals surface area (Å²) in [6.45, 7) is 5.36. The van der Waals surface area contributed by atoms with Gasteiger partial charge >= 0.3 is 12.1 Å². The van der Waals surface area contributed by atoms with Crippen molar-refractivity contribution in [3.63, 3.8) is 0 Å². The Balaban J connectivity index is 2.03. The van der Waals surface area contributed by atoms with E-state index in [1.807, 2.05) is 13.8 Å². The summed E-state index contributed by atoms with van der Waals surface area (Å²) in [6, 6.07) is 8.01. The number of hydrogen-bond acceptors (Lipinski definition) is 7. The number of benzene rings is 2. The van der Waals surface area contributed by atoms with E-state index in [9.17, 15) is 14.4 Å². The molecule has 0 spiro atoms. The Bertz CT molecular complexity index is 1040. The molecule has 9 nitrogen and oxygen atoms in total. The topological polar surface area (TPSA) is 112 Å². The Morgan fingerprint density at radius 1 is 1.03 bits per heavy atom. The normalized spacial score (nSPS) is 10.5. The van der Waals surface area contributed by atoms with Crippen LogP contribution in [0.3, 0.4) is 0 Å². The van der Waals surface area contributed by atoms with Crippen LogP contribution in [0.2, 0.25) is 10.0 Å². The number of esters is 1. The van der Waals surface area contributed by atoms with E-state index >= 15 is 0 Å². The van der Waals surface area contributed by atoms with Crippen LogP contribution in [0, 0.1) is 0 Å². The second kappa shape index (κ2) is 13.7. The van der Waals surface area contributed by atoms with E-state index in [1.165, 1.54) is 7.11 Å². The molecular formula is C24H28Cl2N2O7. The highest BCUT2D eigenvalue weighted by Crippen LogP contribution is 2.38. The van der Waals surface area contributed by atoms with E-state index in [0.29, 0.717) is 29.0 Å². The average molecular weight is 527 g/mol. The minimum Gasteiger partial charge on any atom is -0.496 e. The van der Waals surface area contributed by atoms with Crippen LogP contribution in [0.5, 0.6) is 17.2 Å². The van der Waals surface area contributed by atoms with Gasteiger partial charge in [-0.15, -0.1) is 0 Å². The highest BCUT2D eigenvalue weighted by Gasteiger charge is 2.17. The van der Waals surface area contributed by atoms with E-state index in [1.54, 1.807) is 37.3 Å². The molecule has 2 amide bonds. The zero-order chi connectivity index (χ0) is 26.0. The summed E-state index contributed by atoms with van der Waals surface area (Å²) in [4.78, 5) is 35.4. The molecule has 2 aromatic rings. The molecule has 0 saturated carbocycles. The zero-order valence-corrected chi connectivity index (χ0v) is 21.4. The van der Waals surface area contributed by atoms with Crippen molar-refractivity contribution < 1.29 is 33.3 Å². The smallest absolute Gasteiger partial charge is 0.407 e. The third kappa shape index (κ3) is 8.84. The van der Waals surface area contributed by atoms with Crippen molar-refractivity contribution in [2.24, 2.45) is 0 Å².